The Morgan fingerprint density at radius 2 is 1.79 bits per heavy atom. The number of piperazine rings is 1. The van der Waals surface area contributed by atoms with E-state index in [1.807, 2.05) is 42.2 Å². The predicted octanol–water partition coefficient (Wildman–Crippen LogP) is 1.58. The Hall–Kier alpha value is -0.850. The third kappa shape index (κ3) is 7.36. The summed E-state index contributed by atoms with van der Waals surface area (Å²) in [4.78, 5) is 16.7. The molecule has 2 rings (SSSR count). The number of ether oxygens (including phenoxy) is 1. The molecule has 1 aliphatic heterocycles. The second-order valence-electron chi connectivity index (χ2n) is 5.66. The van der Waals surface area contributed by atoms with E-state index in [-0.39, 0.29) is 30.7 Å². The summed E-state index contributed by atoms with van der Waals surface area (Å²) in [6, 6.07) is 9.50. The zero-order chi connectivity index (χ0) is 15.8. The van der Waals surface area contributed by atoms with Crippen molar-refractivity contribution in [2.24, 2.45) is 5.73 Å². The molecule has 0 aliphatic carbocycles. The fourth-order valence-electron chi connectivity index (χ4n) is 2.72. The van der Waals surface area contributed by atoms with Crippen LogP contribution in [0, 0.1) is 0 Å². The van der Waals surface area contributed by atoms with Gasteiger partial charge in [-0.2, -0.15) is 0 Å². The SMILES string of the molecule is CCOCCN1CCN(C(=O)C(N)Cc2ccccc2)CC1.Cl.Cl. The Bertz CT molecular complexity index is 454. The fraction of sp³-hybridized carbons (Fsp3) is 0.588. The van der Waals surface area contributed by atoms with Gasteiger partial charge < -0.3 is 15.4 Å². The van der Waals surface area contributed by atoms with E-state index in [9.17, 15) is 4.79 Å². The molecule has 0 radical (unpaired) electrons. The van der Waals surface area contributed by atoms with E-state index in [2.05, 4.69) is 4.90 Å². The lowest BCUT2D eigenvalue weighted by atomic mass is 10.1. The minimum atomic E-state index is -0.447. The van der Waals surface area contributed by atoms with Gasteiger partial charge in [0.25, 0.3) is 0 Å². The molecule has 1 aromatic carbocycles. The maximum absolute atomic E-state index is 12.4. The highest BCUT2D eigenvalue weighted by Gasteiger charge is 2.25. The molecule has 24 heavy (non-hydrogen) atoms. The van der Waals surface area contributed by atoms with Crippen LogP contribution in [0.25, 0.3) is 0 Å². The minimum absolute atomic E-state index is 0. The van der Waals surface area contributed by atoms with Crippen LogP contribution in [0.15, 0.2) is 30.3 Å². The second kappa shape index (κ2) is 12.5. The highest BCUT2D eigenvalue weighted by Crippen LogP contribution is 2.07. The van der Waals surface area contributed by atoms with Crippen molar-refractivity contribution >= 4 is 30.7 Å². The van der Waals surface area contributed by atoms with Crippen molar-refractivity contribution in [3.8, 4) is 0 Å². The number of amides is 1. The Kier molecular flexibility index (Phi) is 12.1. The summed E-state index contributed by atoms with van der Waals surface area (Å²) < 4.78 is 5.37. The first-order valence-electron chi connectivity index (χ1n) is 8.09. The van der Waals surface area contributed by atoms with Gasteiger partial charge in [0, 0.05) is 39.3 Å². The molecule has 5 nitrogen and oxygen atoms in total. The molecule has 0 spiro atoms. The summed E-state index contributed by atoms with van der Waals surface area (Å²) in [5, 5.41) is 0. The van der Waals surface area contributed by atoms with Gasteiger partial charge in [-0.05, 0) is 18.9 Å². The summed E-state index contributed by atoms with van der Waals surface area (Å²) in [6.07, 6.45) is 0.601. The number of nitrogens with zero attached hydrogens (tertiary/aromatic N) is 2. The molecule has 1 amide bonds. The Balaban J connectivity index is 0.00000264. The molecule has 1 fully saturated rings. The van der Waals surface area contributed by atoms with Gasteiger partial charge >= 0.3 is 0 Å². The number of nitrogens with two attached hydrogens (primary N) is 1. The second-order valence-corrected chi connectivity index (χ2v) is 5.66. The van der Waals surface area contributed by atoms with E-state index in [1.54, 1.807) is 0 Å². The van der Waals surface area contributed by atoms with Gasteiger partial charge in [0.15, 0.2) is 0 Å². The predicted molar refractivity (Wildman–Crippen MR) is 102 cm³/mol. The molecule has 0 bridgehead atoms. The van der Waals surface area contributed by atoms with Gasteiger partial charge in [-0.1, -0.05) is 30.3 Å². The first-order valence-corrected chi connectivity index (χ1v) is 8.09. The molecule has 1 heterocycles. The number of rotatable bonds is 7. The van der Waals surface area contributed by atoms with E-state index < -0.39 is 6.04 Å². The van der Waals surface area contributed by atoms with Gasteiger partial charge in [0.1, 0.15) is 0 Å². The quantitative estimate of drug-likeness (QED) is 0.732. The lowest BCUT2D eigenvalue weighted by Crippen LogP contribution is -2.54. The third-order valence-corrected chi connectivity index (χ3v) is 4.06. The average molecular weight is 378 g/mol. The maximum atomic E-state index is 12.4. The van der Waals surface area contributed by atoms with Crippen molar-refractivity contribution in [1.29, 1.82) is 0 Å². The highest BCUT2D eigenvalue weighted by molar-refractivity contribution is 5.85. The van der Waals surface area contributed by atoms with Crippen molar-refractivity contribution in [1.82, 2.24) is 9.80 Å². The molecule has 1 aromatic rings. The van der Waals surface area contributed by atoms with E-state index >= 15 is 0 Å². The van der Waals surface area contributed by atoms with Crippen LogP contribution in [0.3, 0.4) is 0 Å². The van der Waals surface area contributed by atoms with Crippen LogP contribution < -0.4 is 5.73 Å². The Labute approximate surface area is 157 Å². The van der Waals surface area contributed by atoms with Crippen molar-refractivity contribution in [2.75, 3.05) is 45.9 Å². The molecule has 1 unspecified atom stereocenters. The first-order chi connectivity index (χ1) is 10.7. The van der Waals surface area contributed by atoms with Crippen LogP contribution >= 0.6 is 24.8 Å². The van der Waals surface area contributed by atoms with Gasteiger partial charge in [0.2, 0.25) is 5.91 Å². The molecule has 0 saturated carbocycles. The minimum Gasteiger partial charge on any atom is -0.380 e. The monoisotopic (exact) mass is 377 g/mol. The van der Waals surface area contributed by atoms with Crippen LogP contribution in [0.1, 0.15) is 12.5 Å². The first kappa shape index (κ1) is 23.1. The molecule has 1 aliphatic rings. The summed E-state index contributed by atoms with van der Waals surface area (Å²) >= 11 is 0. The molecular weight excluding hydrogens is 349 g/mol. The zero-order valence-corrected chi connectivity index (χ0v) is 15.9. The van der Waals surface area contributed by atoms with Crippen molar-refractivity contribution < 1.29 is 9.53 Å². The normalized spacial score (nSPS) is 16.0. The van der Waals surface area contributed by atoms with Gasteiger partial charge in [-0.3, -0.25) is 9.69 Å². The van der Waals surface area contributed by atoms with E-state index in [0.29, 0.717) is 6.42 Å². The van der Waals surface area contributed by atoms with Crippen LogP contribution in [-0.2, 0) is 16.0 Å². The molecule has 1 atom stereocenters. The average Bonchev–Trinajstić information content (AvgIpc) is 2.56. The number of hydrogen-bond donors (Lipinski definition) is 1. The van der Waals surface area contributed by atoms with Gasteiger partial charge in [-0.15, -0.1) is 24.8 Å². The summed E-state index contributed by atoms with van der Waals surface area (Å²) in [7, 11) is 0. The topological polar surface area (TPSA) is 58.8 Å². The number of halogens is 2. The zero-order valence-electron chi connectivity index (χ0n) is 14.2. The molecule has 7 heteroatoms. The van der Waals surface area contributed by atoms with Crippen LogP contribution in [0.5, 0.6) is 0 Å². The summed E-state index contributed by atoms with van der Waals surface area (Å²) in [5.74, 6) is 0.0633. The lowest BCUT2D eigenvalue weighted by molar-refractivity contribution is -0.134. The van der Waals surface area contributed by atoms with Crippen LogP contribution in [-0.4, -0.2) is 67.7 Å². The molecular formula is C17H29Cl2N3O2. The smallest absolute Gasteiger partial charge is 0.239 e. The number of benzene rings is 1. The summed E-state index contributed by atoms with van der Waals surface area (Å²) in [5.41, 5.74) is 7.20. The molecule has 138 valence electrons. The Morgan fingerprint density at radius 1 is 1.17 bits per heavy atom. The van der Waals surface area contributed by atoms with Crippen LogP contribution in [0.4, 0.5) is 0 Å². The highest BCUT2D eigenvalue weighted by atomic mass is 35.5. The number of hydrogen-bond acceptors (Lipinski definition) is 4. The van der Waals surface area contributed by atoms with Crippen molar-refractivity contribution in [3.63, 3.8) is 0 Å². The van der Waals surface area contributed by atoms with Crippen molar-refractivity contribution in [2.45, 2.75) is 19.4 Å². The number of carbonyl (C=O) groups excluding carboxylic acids is 1. The van der Waals surface area contributed by atoms with Crippen molar-refractivity contribution in [3.05, 3.63) is 35.9 Å². The largest absolute Gasteiger partial charge is 0.380 e. The molecule has 0 aromatic heterocycles. The van der Waals surface area contributed by atoms with Gasteiger partial charge in [0.05, 0.1) is 12.6 Å². The number of carbonyl (C=O) groups is 1. The van der Waals surface area contributed by atoms with E-state index in [0.717, 1.165) is 51.5 Å². The van der Waals surface area contributed by atoms with Gasteiger partial charge in [-0.25, -0.2) is 0 Å². The third-order valence-electron chi connectivity index (χ3n) is 4.06. The van der Waals surface area contributed by atoms with E-state index in [1.165, 1.54) is 0 Å². The van der Waals surface area contributed by atoms with E-state index in [4.69, 9.17) is 10.5 Å². The summed E-state index contributed by atoms with van der Waals surface area (Å²) in [6.45, 7) is 7.77. The fourth-order valence-corrected chi connectivity index (χ4v) is 2.72. The maximum Gasteiger partial charge on any atom is 0.239 e. The lowest BCUT2D eigenvalue weighted by Gasteiger charge is -2.35. The standard InChI is InChI=1S/C17H27N3O2.2ClH/c1-2-22-13-12-19-8-10-20(11-9-19)17(21)16(18)14-15-6-4-3-5-7-15;;/h3-7,16H,2,8-14,18H2,1H3;2*1H. The van der Waals surface area contributed by atoms with Crippen LogP contribution in [0.2, 0.25) is 0 Å². The Morgan fingerprint density at radius 3 is 2.38 bits per heavy atom. The molecule has 2 N–H and O–H groups in total. The molecule has 1 saturated heterocycles.